The van der Waals surface area contributed by atoms with Crippen LogP contribution in [0.1, 0.15) is 24.2 Å². The number of aromatic nitrogens is 1. The van der Waals surface area contributed by atoms with E-state index >= 15 is 0 Å². The maximum absolute atomic E-state index is 12.9. The summed E-state index contributed by atoms with van der Waals surface area (Å²) in [5.74, 6) is 0. The van der Waals surface area contributed by atoms with Gasteiger partial charge in [0.1, 0.15) is 0 Å². The Morgan fingerprint density at radius 2 is 2.00 bits per heavy atom. The molecule has 1 aromatic heterocycles. The van der Waals surface area contributed by atoms with Gasteiger partial charge < -0.3 is 4.57 Å². The second-order valence-corrected chi connectivity index (χ2v) is 7.51. The number of nitrogens with zero attached hydrogens (tertiary/aromatic N) is 3. The van der Waals surface area contributed by atoms with Gasteiger partial charge in [0, 0.05) is 36.6 Å². The van der Waals surface area contributed by atoms with E-state index in [0.717, 1.165) is 11.8 Å². The average molecular weight is 335 g/mol. The van der Waals surface area contributed by atoms with E-state index in [9.17, 15) is 18.5 Å². The third-order valence-electron chi connectivity index (χ3n) is 4.27. The second kappa shape index (κ2) is 5.47. The van der Waals surface area contributed by atoms with Crippen molar-refractivity contribution in [1.29, 1.82) is 0 Å². The summed E-state index contributed by atoms with van der Waals surface area (Å²) >= 11 is 0. The Morgan fingerprint density at radius 1 is 1.26 bits per heavy atom. The van der Waals surface area contributed by atoms with Crippen LogP contribution in [0.5, 0.6) is 0 Å². The Labute approximate surface area is 134 Å². The van der Waals surface area contributed by atoms with Gasteiger partial charge >= 0.3 is 0 Å². The predicted molar refractivity (Wildman–Crippen MR) is 84.6 cm³/mol. The molecule has 8 heteroatoms. The molecule has 0 aliphatic carbocycles. The summed E-state index contributed by atoms with van der Waals surface area (Å²) in [5.41, 5.74) is 1.18. The summed E-state index contributed by atoms with van der Waals surface area (Å²) in [6.45, 7) is 4.32. The van der Waals surface area contributed by atoms with Crippen LogP contribution in [-0.4, -0.2) is 28.8 Å². The Balaban J connectivity index is 2.03. The molecule has 0 N–H and O–H groups in total. The van der Waals surface area contributed by atoms with Crippen LogP contribution in [0, 0.1) is 17.0 Å². The first-order valence-electron chi connectivity index (χ1n) is 7.24. The molecule has 0 saturated carbocycles. The molecule has 7 nitrogen and oxygen atoms in total. The Kier molecular flexibility index (Phi) is 3.73. The lowest BCUT2D eigenvalue weighted by molar-refractivity contribution is -0.385. The zero-order valence-electron chi connectivity index (χ0n) is 12.8. The topological polar surface area (TPSA) is 85.5 Å². The lowest BCUT2D eigenvalue weighted by atomic mass is 10.2. The van der Waals surface area contributed by atoms with E-state index < -0.39 is 14.9 Å². The van der Waals surface area contributed by atoms with E-state index in [1.54, 1.807) is 6.92 Å². The summed E-state index contributed by atoms with van der Waals surface area (Å²) in [5, 5.41) is 11.1. The highest BCUT2D eigenvalue weighted by molar-refractivity contribution is 7.89. The molecule has 0 radical (unpaired) electrons. The fraction of sp³-hybridized carbons (Fsp3) is 0.333. The number of benzene rings is 1. The average Bonchev–Trinajstić information content (AvgIpc) is 2.96. The van der Waals surface area contributed by atoms with Gasteiger partial charge in [0.25, 0.3) is 5.69 Å². The number of rotatable bonds is 3. The van der Waals surface area contributed by atoms with E-state index in [4.69, 9.17) is 0 Å². The van der Waals surface area contributed by atoms with Gasteiger partial charge in [0.2, 0.25) is 10.0 Å². The van der Waals surface area contributed by atoms with Crippen molar-refractivity contribution in [3.8, 4) is 0 Å². The van der Waals surface area contributed by atoms with Crippen molar-refractivity contribution in [2.45, 2.75) is 31.3 Å². The summed E-state index contributed by atoms with van der Waals surface area (Å²) in [7, 11) is -3.79. The maximum Gasteiger partial charge on any atom is 0.273 e. The number of fused-ring (bicyclic) bond motifs is 1. The number of sulfonamides is 1. The van der Waals surface area contributed by atoms with E-state index in [1.165, 1.54) is 16.4 Å². The molecular weight excluding hydrogens is 318 g/mol. The molecule has 0 unspecified atom stereocenters. The molecule has 0 saturated heterocycles. The van der Waals surface area contributed by atoms with Gasteiger partial charge in [-0.3, -0.25) is 10.1 Å². The molecule has 2 aromatic rings. The molecule has 2 heterocycles. The highest BCUT2D eigenvalue weighted by Gasteiger charge is 2.34. The van der Waals surface area contributed by atoms with Crippen LogP contribution >= 0.6 is 0 Å². The zero-order valence-corrected chi connectivity index (χ0v) is 13.7. The van der Waals surface area contributed by atoms with E-state index in [-0.39, 0.29) is 16.6 Å². The van der Waals surface area contributed by atoms with Crippen LogP contribution in [0.3, 0.4) is 0 Å². The van der Waals surface area contributed by atoms with E-state index in [0.29, 0.717) is 18.7 Å². The molecule has 0 amide bonds. The Hall–Kier alpha value is -2.19. The number of nitro groups is 1. The van der Waals surface area contributed by atoms with Crippen molar-refractivity contribution in [1.82, 2.24) is 8.87 Å². The molecular formula is C15H17N3O4S. The number of aryl methyl sites for hydroxylation is 1. The lowest BCUT2D eigenvalue weighted by Gasteiger charge is -2.33. The summed E-state index contributed by atoms with van der Waals surface area (Å²) in [6, 6.07) is 7.51. The molecule has 0 spiro atoms. The largest absolute Gasteiger partial charge is 0.349 e. The Morgan fingerprint density at radius 3 is 2.70 bits per heavy atom. The van der Waals surface area contributed by atoms with Gasteiger partial charge in [0.05, 0.1) is 15.9 Å². The molecule has 1 atom stereocenters. The van der Waals surface area contributed by atoms with Crippen LogP contribution in [0.2, 0.25) is 0 Å². The van der Waals surface area contributed by atoms with Crippen molar-refractivity contribution >= 4 is 15.7 Å². The minimum absolute atomic E-state index is 0.0401. The first-order valence-corrected chi connectivity index (χ1v) is 8.68. The standard InChI is InChI=1S/C15H17N3O4S/c1-11-5-6-13(10-15(11)18(19)20)23(21,22)17-9-8-16-7-3-4-14(16)12(17)2/h3-7,10,12H,8-9H2,1-2H3/t12-/m1/s1. The van der Waals surface area contributed by atoms with Crippen LogP contribution < -0.4 is 0 Å². The SMILES string of the molecule is Cc1ccc(S(=O)(=O)N2CCn3cccc3[C@H]2C)cc1[N+](=O)[O-]. The van der Waals surface area contributed by atoms with Crippen molar-refractivity contribution in [3.05, 3.63) is 57.9 Å². The van der Waals surface area contributed by atoms with Crippen LogP contribution in [-0.2, 0) is 16.6 Å². The van der Waals surface area contributed by atoms with E-state index in [2.05, 4.69) is 0 Å². The molecule has 122 valence electrons. The maximum atomic E-state index is 12.9. The minimum atomic E-state index is -3.79. The first-order chi connectivity index (χ1) is 10.8. The monoisotopic (exact) mass is 335 g/mol. The fourth-order valence-corrected chi connectivity index (χ4v) is 4.59. The number of hydrogen-bond acceptors (Lipinski definition) is 4. The van der Waals surface area contributed by atoms with Crippen LogP contribution in [0.15, 0.2) is 41.4 Å². The summed E-state index contributed by atoms with van der Waals surface area (Å²) in [4.78, 5) is 10.5. The van der Waals surface area contributed by atoms with Gasteiger partial charge in [-0.15, -0.1) is 0 Å². The predicted octanol–water partition coefficient (Wildman–Crippen LogP) is 2.47. The third-order valence-corrected chi connectivity index (χ3v) is 6.24. The molecule has 1 aromatic carbocycles. The van der Waals surface area contributed by atoms with E-state index in [1.807, 2.05) is 29.8 Å². The van der Waals surface area contributed by atoms with Crippen molar-refractivity contribution < 1.29 is 13.3 Å². The zero-order chi connectivity index (χ0) is 16.8. The summed E-state index contributed by atoms with van der Waals surface area (Å²) < 4.78 is 29.2. The minimum Gasteiger partial charge on any atom is -0.349 e. The first kappa shape index (κ1) is 15.7. The number of hydrogen-bond donors (Lipinski definition) is 0. The molecule has 0 fully saturated rings. The van der Waals surface area contributed by atoms with Crippen molar-refractivity contribution in [2.24, 2.45) is 0 Å². The fourth-order valence-electron chi connectivity index (χ4n) is 2.97. The van der Waals surface area contributed by atoms with Gasteiger partial charge in [0.15, 0.2) is 0 Å². The van der Waals surface area contributed by atoms with Crippen LogP contribution in [0.4, 0.5) is 5.69 Å². The normalized spacial score (nSPS) is 18.6. The quantitative estimate of drug-likeness (QED) is 0.637. The molecule has 23 heavy (non-hydrogen) atoms. The van der Waals surface area contributed by atoms with Crippen molar-refractivity contribution in [3.63, 3.8) is 0 Å². The number of nitro benzene ring substituents is 1. The van der Waals surface area contributed by atoms with Gasteiger partial charge in [-0.05, 0) is 32.0 Å². The van der Waals surface area contributed by atoms with Gasteiger partial charge in [-0.25, -0.2) is 8.42 Å². The van der Waals surface area contributed by atoms with Crippen molar-refractivity contribution in [2.75, 3.05) is 6.54 Å². The van der Waals surface area contributed by atoms with Crippen LogP contribution in [0.25, 0.3) is 0 Å². The molecule has 0 bridgehead atoms. The summed E-state index contributed by atoms with van der Waals surface area (Å²) in [6.07, 6.45) is 1.92. The van der Waals surface area contributed by atoms with Gasteiger partial charge in [-0.2, -0.15) is 4.31 Å². The second-order valence-electron chi connectivity index (χ2n) is 5.62. The molecule has 3 rings (SSSR count). The van der Waals surface area contributed by atoms with Gasteiger partial charge in [-0.1, -0.05) is 6.07 Å². The Bertz CT molecular complexity index is 873. The highest BCUT2D eigenvalue weighted by Crippen LogP contribution is 2.32. The third kappa shape index (κ3) is 2.53. The highest BCUT2D eigenvalue weighted by atomic mass is 32.2. The lowest BCUT2D eigenvalue weighted by Crippen LogP contribution is -2.40. The molecule has 1 aliphatic heterocycles. The smallest absolute Gasteiger partial charge is 0.273 e. The molecule has 1 aliphatic rings.